The molecular weight excluding hydrogens is 400 g/mol. The van der Waals surface area contributed by atoms with Gasteiger partial charge in [-0.15, -0.1) is 0 Å². The first-order valence-corrected chi connectivity index (χ1v) is 10.2. The average molecular weight is 425 g/mol. The van der Waals surface area contributed by atoms with Crippen molar-refractivity contribution in [2.24, 2.45) is 5.92 Å². The van der Waals surface area contributed by atoms with E-state index in [-0.39, 0.29) is 23.4 Å². The van der Waals surface area contributed by atoms with Crippen molar-refractivity contribution in [1.29, 1.82) is 0 Å². The Bertz CT molecular complexity index is 984. The van der Waals surface area contributed by atoms with Crippen LogP contribution in [-0.2, 0) is 11.3 Å². The summed E-state index contributed by atoms with van der Waals surface area (Å²) in [5.74, 6) is -0.370. The number of aromatic nitrogens is 2. The maximum absolute atomic E-state index is 12.7. The summed E-state index contributed by atoms with van der Waals surface area (Å²) in [7, 11) is 0. The number of nitrogens with one attached hydrogen (secondary N) is 2. The molecule has 7 heteroatoms. The minimum absolute atomic E-state index is 0.227. The van der Waals surface area contributed by atoms with Gasteiger partial charge in [-0.2, -0.15) is 5.10 Å². The molecule has 2 aromatic carbocycles. The van der Waals surface area contributed by atoms with Gasteiger partial charge in [-0.05, 0) is 48.2 Å². The lowest BCUT2D eigenvalue weighted by molar-refractivity contribution is -0.123. The third-order valence-corrected chi connectivity index (χ3v) is 4.80. The van der Waals surface area contributed by atoms with Crippen LogP contribution < -0.4 is 10.6 Å². The van der Waals surface area contributed by atoms with Crippen LogP contribution in [0.4, 0.5) is 0 Å². The molecule has 0 spiro atoms. The second-order valence-electron chi connectivity index (χ2n) is 7.48. The van der Waals surface area contributed by atoms with Gasteiger partial charge in [-0.1, -0.05) is 55.8 Å². The number of benzene rings is 2. The molecule has 1 unspecified atom stereocenters. The van der Waals surface area contributed by atoms with E-state index in [4.69, 9.17) is 11.6 Å². The zero-order chi connectivity index (χ0) is 21.5. The van der Waals surface area contributed by atoms with E-state index in [1.165, 1.54) is 0 Å². The zero-order valence-electron chi connectivity index (χ0n) is 17.0. The molecule has 0 bridgehead atoms. The van der Waals surface area contributed by atoms with Crippen LogP contribution in [0.2, 0.25) is 5.02 Å². The molecule has 1 heterocycles. The quantitative estimate of drug-likeness (QED) is 0.574. The molecule has 2 amide bonds. The topological polar surface area (TPSA) is 76.0 Å². The zero-order valence-corrected chi connectivity index (χ0v) is 17.8. The maximum atomic E-state index is 12.7. The van der Waals surface area contributed by atoms with Gasteiger partial charge in [0.2, 0.25) is 5.91 Å². The molecule has 0 saturated heterocycles. The molecule has 30 heavy (non-hydrogen) atoms. The van der Waals surface area contributed by atoms with Gasteiger partial charge in [0.25, 0.3) is 5.91 Å². The summed E-state index contributed by atoms with van der Waals surface area (Å²) in [6.45, 7) is 4.38. The predicted octanol–water partition coefficient (Wildman–Crippen LogP) is 3.99. The Labute approximate surface area is 181 Å². The van der Waals surface area contributed by atoms with Gasteiger partial charge in [0.15, 0.2) is 5.69 Å². The molecular formula is C23H25ClN4O2. The Kier molecular flexibility index (Phi) is 7.25. The summed E-state index contributed by atoms with van der Waals surface area (Å²) >= 11 is 5.90. The monoisotopic (exact) mass is 424 g/mol. The first kappa shape index (κ1) is 21.6. The third-order valence-electron chi connectivity index (χ3n) is 4.55. The van der Waals surface area contributed by atoms with Crippen LogP contribution in [0.25, 0.3) is 5.69 Å². The Morgan fingerprint density at radius 3 is 2.40 bits per heavy atom. The number of rotatable bonds is 8. The van der Waals surface area contributed by atoms with E-state index in [9.17, 15) is 9.59 Å². The van der Waals surface area contributed by atoms with Crippen molar-refractivity contribution in [3.8, 4) is 5.69 Å². The normalized spacial score (nSPS) is 11.9. The molecule has 0 saturated carbocycles. The number of carbonyl (C=O) groups is 2. The molecule has 0 aliphatic rings. The Balaban J connectivity index is 1.65. The SMILES string of the molecule is CC(C)CC(NC(=O)c1ccn(-c2ccccc2)n1)C(=O)NCc1ccc(Cl)cc1. The van der Waals surface area contributed by atoms with E-state index in [0.717, 1.165) is 11.3 Å². The first-order chi connectivity index (χ1) is 14.4. The van der Waals surface area contributed by atoms with Crippen LogP contribution in [0.5, 0.6) is 0 Å². The molecule has 156 valence electrons. The smallest absolute Gasteiger partial charge is 0.272 e. The summed E-state index contributed by atoms with van der Waals surface area (Å²) < 4.78 is 1.63. The Morgan fingerprint density at radius 1 is 1.03 bits per heavy atom. The number of para-hydroxylation sites is 1. The van der Waals surface area contributed by atoms with Crippen molar-refractivity contribution in [1.82, 2.24) is 20.4 Å². The highest BCUT2D eigenvalue weighted by molar-refractivity contribution is 6.30. The van der Waals surface area contributed by atoms with Crippen LogP contribution in [0.3, 0.4) is 0 Å². The number of carbonyl (C=O) groups excluding carboxylic acids is 2. The minimum atomic E-state index is -0.647. The van der Waals surface area contributed by atoms with E-state index in [0.29, 0.717) is 18.0 Å². The molecule has 1 atom stereocenters. The van der Waals surface area contributed by atoms with Gasteiger partial charge in [0, 0.05) is 17.8 Å². The molecule has 3 rings (SSSR count). The van der Waals surface area contributed by atoms with Crippen molar-refractivity contribution >= 4 is 23.4 Å². The molecule has 0 radical (unpaired) electrons. The second-order valence-corrected chi connectivity index (χ2v) is 7.92. The fraction of sp³-hybridized carbons (Fsp3) is 0.261. The maximum Gasteiger partial charge on any atom is 0.272 e. The van der Waals surface area contributed by atoms with Crippen molar-refractivity contribution in [3.63, 3.8) is 0 Å². The van der Waals surface area contributed by atoms with E-state index in [1.807, 2.05) is 56.3 Å². The summed E-state index contributed by atoms with van der Waals surface area (Å²) in [6.07, 6.45) is 2.25. The number of hydrogen-bond acceptors (Lipinski definition) is 3. The molecule has 6 nitrogen and oxygen atoms in total. The summed E-state index contributed by atoms with van der Waals surface area (Å²) in [6, 6.07) is 17.8. The van der Waals surface area contributed by atoms with Crippen LogP contribution in [0, 0.1) is 5.92 Å². The summed E-state index contributed by atoms with van der Waals surface area (Å²) in [4.78, 5) is 25.5. The van der Waals surface area contributed by atoms with Gasteiger partial charge in [-0.3, -0.25) is 9.59 Å². The highest BCUT2D eigenvalue weighted by Crippen LogP contribution is 2.11. The van der Waals surface area contributed by atoms with Crippen LogP contribution in [-0.4, -0.2) is 27.6 Å². The van der Waals surface area contributed by atoms with Gasteiger partial charge >= 0.3 is 0 Å². The van der Waals surface area contributed by atoms with Crippen molar-refractivity contribution < 1.29 is 9.59 Å². The molecule has 1 aromatic heterocycles. The summed E-state index contributed by atoms with van der Waals surface area (Å²) in [5, 5.41) is 10.7. The van der Waals surface area contributed by atoms with Crippen LogP contribution in [0.15, 0.2) is 66.9 Å². The van der Waals surface area contributed by atoms with E-state index in [2.05, 4.69) is 15.7 Å². The Hall–Kier alpha value is -3.12. The highest BCUT2D eigenvalue weighted by Gasteiger charge is 2.23. The van der Waals surface area contributed by atoms with E-state index in [1.54, 1.807) is 29.1 Å². The van der Waals surface area contributed by atoms with Crippen LogP contribution in [0.1, 0.15) is 36.3 Å². The first-order valence-electron chi connectivity index (χ1n) is 9.86. The summed E-state index contributed by atoms with van der Waals surface area (Å²) in [5.41, 5.74) is 2.05. The number of amides is 2. The third kappa shape index (κ3) is 5.94. The molecule has 3 aromatic rings. The molecule has 0 aliphatic heterocycles. The highest BCUT2D eigenvalue weighted by atomic mass is 35.5. The number of hydrogen-bond donors (Lipinski definition) is 2. The largest absolute Gasteiger partial charge is 0.350 e. The van der Waals surface area contributed by atoms with Crippen molar-refractivity contribution in [2.75, 3.05) is 0 Å². The van der Waals surface area contributed by atoms with Gasteiger partial charge in [-0.25, -0.2) is 4.68 Å². The lowest BCUT2D eigenvalue weighted by Gasteiger charge is -2.20. The van der Waals surface area contributed by atoms with Crippen LogP contribution >= 0.6 is 11.6 Å². The molecule has 2 N–H and O–H groups in total. The van der Waals surface area contributed by atoms with Gasteiger partial charge < -0.3 is 10.6 Å². The Morgan fingerprint density at radius 2 is 1.73 bits per heavy atom. The fourth-order valence-corrected chi connectivity index (χ4v) is 3.15. The fourth-order valence-electron chi connectivity index (χ4n) is 3.02. The van der Waals surface area contributed by atoms with Crippen molar-refractivity contribution in [2.45, 2.75) is 32.9 Å². The van der Waals surface area contributed by atoms with E-state index >= 15 is 0 Å². The second kappa shape index (κ2) is 10.1. The number of halogens is 1. The van der Waals surface area contributed by atoms with Crippen molar-refractivity contribution in [3.05, 3.63) is 83.1 Å². The molecule has 0 fully saturated rings. The van der Waals surface area contributed by atoms with Gasteiger partial charge in [0.05, 0.1) is 5.69 Å². The number of nitrogens with zero attached hydrogens (tertiary/aromatic N) is 2. The lowest BCUT2D eigenvalue weighted by atomic mass is 10.0. The average Bonchev–Trinajstić information content (AvgIpc) is 3.23. The lowest BCUT2D eigenvalue weighted by Crippen LogP contribution is -2.47. The molecule has 0 aliphatic carbocycles. The van der Waals surface area contributed by atoms with Gasteiger partial charge in [0.1, 0.15) is 6.04 Å². The van der Waals surface area contributed by atoms with E-state index < -0.39 is 6.04 Å². The standard InChI is InChI=1S/C23H25ClN4O2/c1-16(2)14-21(22(29)25-15-17-8-10-18(24)11-9-17)26-23(30)20-12-13-28(27-20)19-6-4-3-5-7-19/h3-13,16,21H,14-15H2,1-2H3,(H,25,29)(H,26,30). The minimum Gasteiger partial charge on any atom is -0.350 e. The predicted molar refractivity (Wildman–Crippen MR) is 118 cm³/mol.